The molecule has 1 heterocycles. The van der Waals surface area contributed by atoms with Gasteiger partial charge in [-0.15, -0.1) is 0 Å². The second-order valence-electron chi connectivity index (χ2n) is 4.34. The first kappa shape index (κ1) is 13.2. The number of hydrogen-bond acceptors (Lipinski definition) is 3. The fourth-order valence-corrected chi connectivity index (χ4v) is 1.88. The van der Waals surface area contributed by atoms with Crippen LogP contribution in [0.25, 0.3) is 11.3 Å². The minimum Gasteiger partial charge on any atom is -0.480 e. The van der Waals surface area contributed by atoms with Crippen molar-refractivity contribution in [2.24, 2.45) is 0 Å². The molecule has 5 nitrogen and oxygen atoms in total. The van der Waals surface area contributed by atoms with Crippen LogP contribution >= 0.6 is 0 Å². The Balaban J connectivity index is 2.18. The number of aromatic nitrogens is 2. The standard InChI is InChI=1S/C13H14FN3O2/c1-17(8-12(18)19)7-10-6-15-16-13(10)9-2-4-11(14)5-3-9/h2-6H,7-8H2,1H3,(H,15,16)(H,18,19). The lowest BCUT2D eigenvalue weighted by atomic mass is 10.1. The number of H-pyrrole nitrogens is 1. The van der Waals surface area contributed by atoms with Gasteiger partial charge in [0, 0.05) is 17.7 Å². The molecule has 2 aromatic rings. The molecule has 0 aliphatic carbocycles. The summed E-state index contributed by atoms with van der Waals surface area (Å²) < 4.78 is 12.9. The number of carboxylic acids is 1. The average molecular weight is 263 g/mol. The third-order valence-electron chi connectivity index (χ3n) is 2.70. The van der Waals surface area contributed by atoms with Gasteiger partial charge in [-0.25, -0.2) is 4.39 Å². The van der Waals surface area contributed by atoms with Crippen molar-refractivity contribution < 1.29 is 14.3 Å². The van der Waals surface area contributed by atoms with Crippen molar-refractivity contribution in [3.63, 3.8) is 0 Å². The fourth-order valence-electron chi connectivity index (χ4n) is 1.88. The Morgan fingerprint density at radius 2 is 2.11 bits per heavy atom. The Morgan fingerprint density at radius 3 is 2.74 bits per heavy atom. The molecule has 0 saturated carbocycles. The van der Waals surface area contributed by atoms with Gasteiger partial charge in [0.05, 0.1) is 18.4 Å². The van der Waals surface area contributed by atoms with Crippen molar-refractivity contribution in [1.82, 2.24) is 15.1 Å². The summed E-state index contributed by atoms with van der Waals surface area (Å²) in [5.41, 5.74) is 2.46. The first-order chi connectivity index (χ1) is 9.06. The summed E-state index contributed by atoms with van der Waals surface area (Å²) >= 11 is 0. The first-order valence-corrected chi connectivity index (χ1v) is 5.75. The Labute approximate surface area is 109 Å². The van der Waals surface area contributed by atoms with Crippen LogP contribution in [0.15, 0.2) is 30.5 Å². The van der Waals surface area contributed by atoms with Crippen LogP contribution in [0.4, 0.5) is 4.39 Å². The maximum atomic E-state index is 12.9. The van der Waals surface area contributed by atoms with Crippen molar-refractivity contribution >= 4 is 5.97 Å². The van der Waals surface area contributed by atoms with Crippen LogP contribution in [-0.4, -0.2) is 39.8 Å². The molecule has 0 saturated heterocycles. The number of hydrogen-bond donors (Lipinski definition) is 2. The molecular formula is C13H14FN3O2. The van der Waals surface area contributed by atoms with Gasteiger partial charge in [0.2, 0.25) is 0 Å². The van der Waals surface area contributed by atoms with E-state index in [4.69, 9.17) is 5.11 Å². The van der Waals surface area contributed by atoms with Gasteiger partial charge in [0.1, 0.15) is 5.82 Å². The number of carboxylic acid groups (broad SMARTS) is 1. The summed E-state index contributed by atoms with van der Waals surface area (Å²) in [6.45, 7) is 0.406. The van der Waals surface area contributed by atoms with Gasteiger partial charge in [-0.3, -0.25) is 14.8 Å². The maximum absolute atomic E-state index is 12.9. The van der Waals surface area contributed by atoms with Crippen molar-refractivity contribution in [1.29, 1.82) is 0 Å². The van der Waals surface area contributed by atoms with E-state index in [0.717, 1.165) is 16.8 Å². The molecule has 0 amide bonds. The molecule has 19 heavy (non-hydrogen) atoms. The third kappa shape index (κ3) is 3.38. The molecule has 100 valence electrons. The van der Waals surface area contributed by atoms with Crippen LogP contribution in [0.3, 0.4) is 0 Å². The molecule has 2 N–H and O–H groups in total. The summed E-state index contributed by atoms with van der Waals surface area (Å²) in [4.78, 5) is 12.3. The molecule has 0 unspecified atom stereocenters. The van der Waals surface area contributed by atoms with Gasteiger partial charge in [-0.2, -0.15) is 5.10 Å². The lowest BCUT2D eigenvalue weighted by Gasteiger charge is -2.13. The smallest absolute Gasteiger partial charge is 0.317 e. The summed E-state index contributed by atoms with van der Waals surface area (Å²) in [6, 6.07) is 6.06. The highest BCUT2D eigenvalue weighted by Crippen LogP contribution is 2.22. The van der Waals surface area contributed by atoms with Crippen molar-refractivity contribution in [3.8, 4) is 11.3 Å². The molecular weight excluding hydrogens is 249 g/mol. The monoisotopic (exact) mass is 263 g/mol. The second-order valence-corrected chi connectivity index (χ2v) is 4.34. The van der Waals surface area contributed by atoms with Gasteiger partial charge in [0.25, 0.3) is 0 Å². The highest BCUT2D eigenvalue weighted by atomic mass is 19.1. The van der Waals surface area contributed by atoms with E-state index in [2.05, 4.69) is 10.2 Å². The van der Waals surface area contributed by atoms with Gasteiger partial charge in [0.15, 0.2) is 0 Å². The van der Waals surface area contributed by atoms with E-state index < -0.39 is 5.97 Å². The molecule has 2 rings (SSSR count). The number of aromatic amines is 1. The third-order valence-corrected chi connectivity index (χ3v) is 2.70. The lowest BCUT2D eigenvalue weighted by Crippen LogP contribution is -2.25. The molecule has 1 aromatic carbocycles. The Hall–Kier alpha value is -2.21. The van der Waals surface area contributed by atoms with Crippen molar-refractivity contribution in [2.75, 3.05) is 13.6 Å². The first-order valence-electron chi connectivity index (χ1n) is 5.75. The average Bonchev–Trinajstić information content (AvgIpc) is 2.77. The van der Waals surface area contributed by atoms with Crippen LogP contribution in [0.2, 0.25) is 0 Å². The quantitative estimate of drug-likeness (QED) is 0.862. The van der Waals surface area contributed by atoms with Gasteiger partial charge in [-0.1, -0.05) is 0 Å². The largest absolute Gasteiger partial charge is 0.480 e. The molecule has 0 bridgehead atoms. The molecule has 0 spiro atoms. The zero-order valence-corrected chi connectivity index (χ0v) is 10.4. The minimum atomic E-state index is -0.880. The predicted octanol–water partition coefficient (Wildman–Crippen LogP) is 1.73. The number of likely N-dealkylation sites (N-methyl/N-ethyl adjacent to an activating group) is 1. The van der Waals surface area contributed by atoms with Gasteiger partial charge >= 0.3 is 5.97 Å². The topological polar surface area (TPSA) is 69.2 Å². The van der Waals surface area contributed by atoms with Crippen LogP contribution in [0.1, 0.15) is 5.56 Å². The fraction of sp³-hybridized carbons (Fsp3) is 0.231. The van der Waals surface area contributed by atoms with E-state index in [9.17, 15) is 9.18 Å². The molecule has 0 radical (unpaired) electrons. The predicted molar refractivity (Wildman–Crippen MR) is 68.0 cm³/mol. The molecule has 6 heteroatoms. The number of carbonyl (C=O) groups is 1. The van der Waals surface area contributed by atoms with Gasteiger partial charge in [-0.05, 0) is 31.3 Å². The van der Waals surface area contributed by atoms with Crippen LogP contribution < -0.4 is 0 Å². The van der Waals surface area contributed by atoms with E-state index >= 15 is 0 Å². The number of aliphatic carboxylic acids is 1. The Morgan fingerprint density at radius 1 is 1.42 bits per heavy atom. The molecule has 0 aliphatic rings. The maximum Gasteiger partial charge on any atom is 0.317 e. The van der Waals surface area contributed by atoms with Crippen LogP contribution in [-0.2, 0) is 11.3 Å². The highest BCUT2D eigenvalue weighted by Gasteiger charge is 2.11. The number of nitrogens with one attached hydrogen (secondary N) is 1. The second kappa shape index (κ2) is 5.62. The SMILES string of the molecule is CN(CC(=O)O)Cc1cn[nH]c1-c1ccc(F)cc1. The molecule has 1 aromatic heterocycles. The minimum absolute atomic E-state index is 0.0476. The lowest BCUT2D eigenvalue weighted by molar-refractivity contribution is -0.138. The van der Waals surface area contributed by atoms with Crippen LogP contribution in [0.5, 0.6) is 0 Å². The molecule has 0 aliphatic heterocycles. The highest BCUT2D eigenvalue weighted by molar-refractivity contribution is 5.69. The van der Waals surface area contributed by atoms with Crippen molar-refractivity contribution in [2.45, 2.75) is 6.54 Å². The zero-order chi connectivity index (χ0) is 13.8. The molecule has 0 atom stereocenters. The van der Waals surface area contributed by atoms with Crippen molar-refractivity contribution in [3.05, 3.63) is 41.8 Å². The number of halogens is 1. The normalized spacial score (nSPS) is 10.9. The van der Waals surface area contributed by atoms with E-state index in [0.29, 0.717) is 6.54 Å². The van der Waals surface area contributed by atoms with E-state index in [1.54, 1.807) is 30.3 Å². The zero-order valence-electron chi connectivity index (χ0n) is 10.4. The number of benzene rings is 1. The summed E-state index contributed by atoms with van der Waals surface area (Å²) in [5, 5.41) is 15.5. The Bertz CT molecular complexity index is 566. The number of rotatable bonds is 5. The Kier molecular flexibility index (Phi) is 3.91. The molecule has 0 fully saturated rings. The summed E-state index contributed by atoms with van der Waals surface area (Å²) in [6.07, 6.45) is 1.65. The van der Waals surface area contributed by atoms with E-state index in [-0.39, 0.29) is 12.4 Å². The van der Waals surface area contributed by atoms with Gasteiger partial charge < -0.3 is 5.11 Å². The summed E-state index contributed by atoms with van der Waals surface area (Å²) in [7, 11) is 1.72. The van der Waals surface area contributed by atoms with Crippen LogP contribution in [0, 0.1) is 5.82 Å². The van der Waals surface area contributed by atoms with E-state index in [1.807, 2.05) is 0 Å². The summed E-state index contributed by atoms with van der Waals surface area (Å²) in [5.74, 6) is -1.18. The van der Waals surface area contributed by atoms with E-state index in [1.165, 1.54) is 12.1 Å². The number of nitrogens with zero attached hydrogens (tertiary/aromatic N) is 2.